The molecule has 0 atom stereocenters. The van der Waals surface area contributed by atoms with Gasteiger partial charge in [0.15, 0.2) is 0 Å². The molecule has 0 spiro atoms. The zero-order valence-corrected chi connectivity index (χ0v) is 16.5. The minimum absolute atomic E-state index is 0.133. The SMILES string of the molecule is COc1ccc(OCCNC(=O)CCC(=O)N2CCC(c3ccccc3)=N2)cc1. The molecule has 0 radical (unpaired) electrons. The largest absolute Gasteiger partial charge is 0.497 e. The van der Waals surface area contributed by atoms with Gasteiger partial charge in [-0.2, -0.15) is 5.10 Å². The van der Waals surface area contributed by atoms with Gasteiger partial charge in [0, 0.05) is 19.3 Å². The predicted octanol–water partition coefficient (Wildman–Crippen LogP) is 2.61. The van der Waals surface area contributed by atoms with E-state index in [0.29, 0.717) is 25.4 Å². The van der Waals surface area contributed by atoms with Gasteiger partial charge in [-0.3, -0.25) is 9.59 Å². The fourth-order valence-corrected chi connectivity index (χ4v) is 2.94. The van der Waals surface area contributed by atoms with Crippen LogP contribution in [0.25, 0.3) is 0 Å². The van der Waals surface area contributed by atoms with Crippen molar-refractivity contribution >= 4 is 17.5 Å². The van der Waals surface area contributed by atoms with Crippen molar-refractivity contribution in [2.24, 2.45) is 5.10 Å². The summed E-state index contributed by atoms with van der Waals surface area (Å²) >= 11 is 0. The topological polar surface area (TPSA) is 80.2 Å². The van der Waals surface area contributed by atoms with Crippen molar-refractivity contribution in [3.63, 3.8) is 0 Å². The smallest absolute Gasteiger partial charge is 0.243 e. The van der Waals surface area contributed by atoms with Crippen LogP contribution in [-0.4, -0.2) is 49.3 Å². The first kappa shape index (κ1) is 20.4. The highest BCUT2D eigenvalue weighted by Crippen LogP contribution is 2.17. The minimum Gasteiger partial charge on any atom is -0.497 e. The Morgan fingerprint density at radius 2 is 1.76 bits per heavy atom. The Morgan fingerprint density at radius 1 is 1.03 bits per heavy atom. The number of carbonyl (C=O) groups excluding carboxylic acids is 2. The van der Waals surface area contributed by atoms with E-state index >= 15 is 0 Å². The van der Waals surface area contributed by atoms with Crippen LogP contribution in [0.3, 0.4) is 0 Å². The van der Waals surface area contributed by atoms with Crippen molar-refractivity contribution in [2.45, 2.75) is 19.3 Å². The molecule has 0 bridgehead atoms. The summed E-state index contributed by atoms with van der Waals surface area (Å²) in [6.07, 6.45) is 0.995. The first-order valence-corrected chi connectivity index (χ1v) is 9.62. The molecule has 3 rings (SSSR count). The number of rotatable bonds is 9. The fraction of sp³-hybridized carbons (Fsp3) is 0.318. The van der Waals surface area contributed by atoms with E-state index in [2.05, 4.69) is 10.4 Å². The third-order valence-electron chi connectivity index (χ3n) is 4.52. The monoisotopic (exact) mass is 395 g/mol. The van der Waals surface area contributed by atoms with Crippen LogP contribution in [0.4, 0.5) is 0 Å². The van der Waals surface area contributed by atoms with E-state index < -0.39 is 0 Å². The van der Waals surface area contributed by atoms with Gasteiger partial charge in [-0.05, 0) is 29.8 Å². The molecule has 1 aliphatic rings. The average Bonchev–Trinajstić information content (AvgIpc) is 3.26. The maximum Gasteiger partial charge on any atom is 0.243 e. The number of ether oxygens (including phenoxy) is 2. The maximum absolute atomic E-state index is 12.3. The number of nitrogens with one attached hydrogen (secondary N) is 1. The Hall–Kier alpha value is -3.35. The van der Waals surface area contributed by atoms with Gasteiger partial charge < -0.3 is 14.8 Å². The lowest BCUT2D eigenvalue weighted by Crippen LogP contribution is -2.30. The molecule has 7 nitrogen and oxygen atoms in total. The summed E-state index contributed by atoms with van der Waals surface area (Å²) in [6, 6.07) is 17.0. The number of nitrogens with zero attached hydrogens (tertiary/aromatic N) is 2. The van der Waals surface area contributed by atoms with Gasteiger partial charge in [-0.15, -0.1) is 0 Å². The summed E-state index contributed by atoms with van der Waals surface area (Å²) in [5, 5.41) is 8.62. The normalized spacial score (nSPS) is 13.0. The Balaban J connectivity index is 1.34. The van der Waals surface area contributed by atoms with Crippen LogP contribution >= 0.6 is 0 Å². The molecule has 0 unspecified atom stereocenters. The molecule has 2 amide bonds. The summed E-state index contributed by atoms with van der Waals surface area (Å²) in [5.74, 6) is 1.15. The summed E-state index contributed by atoms with van der Waals surface area (Å²) in [5.41, 5.74) is 1.93. The maximum atomic E-state index is 12.3. The minimum atomic E-state index is -0.178. The molecule has 0 saturated carbocycles. The van der Waals surface area contributed by atoms with Crippen molar-refractivity contribution < 1.29 is 19.1 Å². The molecule has 2 aromatic carbocycles. The second-order valence-electron chi connectivity index (χ2n) is 6.55. The highest BCUT2D eigenvalue weighted by atomic mass is 16.5. The molecule has 7 heteroatoms. The van der Waals surface area contributed by atoms with E-state index in [1.54, 1.807) is 19.2 Å². The molecule has 0 saturated heterocycles. The van der Waals surface area contributed by atoms with E-state index in [9.17, 15) is 9.59 Å². The molecule has 0 aromatic heterocycles. The zero-order chi connectivity index (χ0) is 20.5. The van der Waals surface area contributed by atoms with Crippen molar-refractivity contribution in [3.05, 3.63) is 60.2 Å². The van der Waals surface area contributed by atoms with Gasteiger partial charge in [0.05, 0.1) is 25.9 Å². The molecule has 1 heterocycles. The van der Waals surface area contributed by atoms with Crippen molar-refractivity contribution in [1.29, 1.82) is 0 Å². The molecular formula is C22H25N3O4. The van der Waals surface area contributed by atoms with Crippen molar-refractivity contribution in [1.82, 2.24) is 10.3 Å². The van der Waals surface area contributed by atoms with Crippen LogP contribution < -0.4 is 14.8 Å². The molecule has 0 fully saturated rings. The van der Waals surface area contributed by atoms with E-state index in [4.69, 9.17) is 9.47 Å². The number of carbonyl (C=O) groups is 2. The van der Waals surface area contributed by atoms with Crippen LogP contribution in [0.1, 0.15) is 24.8 Å². The van der Waals surface area contributed by atoms with Gasteiger partial charge in [-0.25, -0.2) is 5.01 Å². The Bertz CT molecular complexity index is 850. The summed E-state index contributed by atoms with van der Waals surface area (Å²) < 4.78 is 10.6. The predicted molar refractivity (Wildman–Crippen MR) is 110 cm³/mol. The molecule has 2 aromatic rings. The lowest BCUT2D eigenvalue weighted by Gasteiger charge is -2.11. The number of amides is 2. The van der Waals surface area contributed by atoms with Gasteiger partial charge >= 0.3 is 0 Å². The van der Waals surface area contributed by atoms with Crippen molar-refractivity contribution in [2.75, 3.05) is 26.8 Å². The lowest BCUT2D eigenvalue weighted by atomic mass is 10.1. The number of benzene rings is 2. The number of hydrogen-bond acceptors (Lipinski definition) is 5. The Labute approximate surface area is 170 Å². The Kier molecular flexibility index (Phi) is 7.22. The summed E-state index contributed by atoms with van der Waals surface area (Å²) in [7, 11) is 1.61. The average molecular weight is 395 g/mol. The summed E-state index contributed by atoms with van der Waals surface area (Å²) in [4.78, 5) is 24.3. The van der Waals surface area contributed by atoms with Crippen LogP contribution in [0.15, 0.2) is 59.7 Å². The van der Waals surface area contributed by atoms with Gasteiger partial charge in [0.2, 0.25) is 11.8 Å². The van der Waals surface area contributed by atoms with Crippen molar-refractivity contribution in [3.8, 4) is 11.5 Å². The molecule has 29 heavy (non-hydrogen) atoms. The fourth-order valence-electron chi connectivity index (χ4n) is 2.94. The highest BCUT2D eigenvalue weighted by molar-refractivity contribution is 6.02. The van der Waals surface area contributed by atoms with Gasteiger partial charge in [0.1, 0.15) is 18.1 Å². The van der Waals surface area contributed by atoms with Crippen LogP contribution in [0, 0.1) is 0 Å². The second-order valence-corrected chi connectivity index (χ2v) is 6.55. The molecular weight excluding hydrogens is 370 g/mol. The number of hydrazone groups is 1. The van der Waals surface area contributed by atoms with Crippen LogP contribution in [-0.2, 0) is 9.59 Å². The van der Waals surface area contributed by atoms with Crippen LogP contribution in [0.2, 0.25) is 0 Å². The van der Waals surface area contributed by atoms with E-state index in [1.807, 2.05) is 42.5 Å². The first-order chi connectivity index (χ1) is 14.2. The standard InChI is InChI=1S/C22H25N3O4/c1-28-18-7-9-19(10-8-18)29-16-14-23-21(26)11-12-22(27)25-15-13-20(24-25)17-5-3-2-4-6-17/h2-10H,11-16H2,1H3,(H,23,26). The van der Waals surface area contributed by atoms with E-state index in [0.717, 1.165) is 23.4 Å². The molecule has 1 aliphatic heterocycles. The molecule has 0 aliphatic carbocycles. The number of hydrogen-bond donors (Lipinski definition) is 1. The van der Waals surface area contributed by atoms with E-state index in [1.165, 1.54) is 5.01 Å². The molecule has 1 N–H and O–H groups in total. The van der Waals surface area contributed by atoms with Gasteiger partial charge in [0.25, 0.3) is 0 Å². The van der Waals surface area contributed by atoms with E-state index in [-0.39, 0.29) is 24.7 Å². The van der Waals surface area contributed by atoms with Gasteiger partial charge in [-0.1, -0.05) is 30.3 Å². The first-order valence-electron chi connectivity index (χ1n) is 9.62. The quantitative estimate of drug-likeness (QED) is 0.662. The Morgan fingerprint density at radius 3 is 2.48 bits per heavy atom. The lowest BCUT2D eigenvalue weighted by molar-refractivity contribution is -0.133. The highest BCUT2D eigenvalue weighted by Gasteiger charge is 2.21. The number of methoxy groups -OCH3 is 1. The summed E-state index contributed by atoms with van der Waals surface area (Å²) in [6.45, 7) is 1.28. The van der Waals surface area contributed by atoms with Crippen LogP contribution in [0.5, 0.6) is 11.5 Å². The second kappa shape index (κ2) is 10.3. The zero-order valence-electron chi connectivity index (χ0n) is 16.5. The third kappa shape index (κ3) is 6.07. The molecule has 152 valence electrons. The third-order valence-corrected chi connectivity index (χ3v) is 4.52.